The summed E-state index contributed by atoms with van der Waals surface area (Å²) >= 11 is 0. The van der Waals surface area contributed by atoms with Crippen LogP contribution in [0.1, 0.15) is 44.0 Å². The van der Waals surface area contributed by atoms with Crippen LogP contribution in [-0.2, 0) is 10.3 Å². The summed E-state index contributed by atoms with van der Waals surface area (Å²) < 4.78 is 5.23. The zero-order valence-electron chi connectivity index (χ0n) is 9.81. The lowest BCUT2D eigenvalue weighted by Gasteiger charge is -2.30. The molecule has 0 atom stereocenters. The third-order valence-electron chi connectivity index (χ3n) is 3.07. The van der Waals surface area contributed by atoms with Crippen LogP contribution >= 0.6 is 0 Å². The zero-order valence-corrected chi connectivity index (χ0v) is 9.81. The van der Waals surface area contributed by atoms with Gasteiger partial charge in [0, 0.05) is 38.4 Å². The van der Waals surface area contributed by atoms with E-state index in [0.29, 0.717) is 37.8 Å². The van der Waals surface area contributed by atoms with Gasteiger partial charge in [-0.25, -0.2) is 9.97 Å². The molecule has 0 aromatic carbocycles. The first-order chi connectivity index (χ1) is 7.62. The van der Waals surface area contributed by atoms with E-state index in [2.05, 4.69) is 23.8 Å². The minimum absolute atomic E-state index is 0.415. The molecule has 1 N–H and O–H groups in total. The Morgan fingerprint density at radius 2 is 1.81 bits per heavy atom. The van der Waals surface area contributed by atoms with Crippen LogP contribution in [0.25, 0.3) is 0 Å². The van der Waals surface area contributed by atoms with Crippen molar-refractivity contribution in [2.75, 3.05) is 13.2 Å². The summed E-state index contributed by atoms with van der Waals surface area (Å²) in [6.07, 6.45) is 4.77. The summed E-state index contributed by atoms with van der Waals surface area (Å²) in [7, 11) is 0. The van der Waals surface area contributed by atoms with Crippen molar-refractivity contribution in [1.29, 1.82) is 0 Å². The van der Waals surface area contributed by atoms with Gasteiger partial charge in [0.1, 0.15) is 5.60 Å². The van der Waals surface area contributed by atoms with Crippen LogP contribution < -0.4 is 0 Å². The Kier molecular flexibility index (Phi) is 3.21. The van der Waals surface area contributed by atoms with Crippen molar-refractivity contribution < 1.29 is 9.84 Å². The second-order valence-corrected chi connectivity index (χ2v) is 4.64. The maximum absolute atomic E-state index is 10.4. The van der Waals surface area contributed by atoms with Gasteiger partial charge in [-0.2, -0.15) is 0 Å². The molecule has 0 saturated carbocycles. The fourth-order valence-electron chi connectivity index (χ4n) is 1.81. The molecule has 4 nitrogen and oxygen atoms in total. The van der Waals surface area contributed by atoms with Crippen LogP contribution in [0.2, 0.25) is 0 Å². The van der Waals surface area contributed by atoms with Crippen molar-refractivity contribution in [3.05, 3.63) is 23.8 Å². The number of hydrogen-bond acceptors (Lipinski definition) is 4. The van der Waals surface area contributed by atoms with E-state index in [9.17, 15) is 5.11 Å². The van der Waals surface area contributed by atoms with Gasteiger partial charge in [0.15, 0.2) is 5.82 Å². The van der Waals surface area contributed by atoms with Gasteiger partial charge in [-0.3, -0.25) is 0 Å². The van der Waals surface area contributed by atoms with Crippen LogP contribution in [0.4, 0.5) is 0 Å². The molecule has 0 spiro atoms. The summed E-state index contributed by atoms with van der Waals surface area (Å²) in [6, 6.07) is 0. The van der Waals surface area contributed by atoms with Crippen LogP contribution in [0, 0.1) is 0 Å². The van der Waals surface area contributed by atoms with E-state index >= 15 is 0 Å². The summed E-state index contributed by atoms with van der Waals surface area (Å²) in [5.41, 5.74) is 0.202. The van der Waals surface area contributed by atoms with Crippen molar-refractivity contribution in [1.82, 2.24) is 9.97 Å². The van der Waals surface area contributed by atoms with E-state index < -0.39 is 5.60 Å². The molecule has 0 bridgehead atoms. The molecule has 1 aromatic heterocycles. The molecule has 4 heteroatoms. The Hall–Kier alpha value is -1.00. The minimum Gasteiger partial charge on any atom is -0.382 e. The molecule has 1 aromatic rings. The van der Waals surface area contributed by atoms with E-state index in [4.69, 9.17) is 4.74 Å². The highest BCUT2D eigenvalue weighted by atomic mass is 16.5. The molecule has 0 aliphatic carbocycles. The van der Waals surface area contributed by atoms with Crippen LogP contribution in [-0.4, -0.2) is 28.3 Å². The molecular weight excluding hydrogens is 204 g/mol. The largest absolute Gasteiger partial charge is 0.382 e. The number of nitrogens with zero attached hydrogens (tertiary/aromatic N) is 2. The molecule has 16 heavy (non-hydrogen) atoms. The number of aliphatic hydroxyl groups is 1. The van der Waals surface area contributed by atoms with Gasteiger partial charge in [-0.1, -0.05) is 13.8 Å². The first-order valence-corrected chi connectivity index (χ1v) is 5.74. The highest BCUT2D eigenvalue weighted by molar-refractivity contribution is 5.12. The van der Waals surface area contributed by atoms with Gasteiger partial charge in [0.2, 0.25) is 0 Å². The average molecular weight is 222 g/mol. The Labute approximate surface area is 95.7 Å². The van der Waals surface area contributed by atoms with Gasteiger partial charge in [-0.05, 0) is 11.5 Å². The monoisotopic (exact) mass is 222 g/mol. The Bertz CT molecular complexity index is 343. The van der Waals surface area contributed by atoms with E-state index in [-0.39, 0.29) is 0 Å². The fourth-order valence-corrected chi connectivity index (χ4v) is 1.81. The normalized spacial score (nSPS) is 20.0. The molecule has 2 rings (SSSR count). The van der Waals surface area contributed by atoms with Gasteiger partial charge in [-0.15, -0.1) is 0 Å². The molecule has 88 valence electrons. The summed E-state index contributed by atoms with van der Waals surface area (Å²) in [5, 5.41) is 10.4. The first kappa shape index (κ1) is 11.5. The van der Waals surface area contributed by atoms with Crippen molar-refractivity contribution >= 4 is 0 Å². The topological polar surface area (TPSA) is 55.2 Å². The van der Waals surface area contributed by atoms with E-state index in [1.54, 1.807) is 12.4 Å². The Balaban J connectivity index is 2.20. The number of hydrogen-bond donors (Lipinski definition) is 1. The molecular formula is C12H18N2O2. The quantitative estimate of drug-likeness (QED) is 0.825. The van der Waals surface area contributed by atoms with E-state index in [0.717, 1.165) is 5.56 Å². The minimum atomic E-state index is -0.895. The summed E-state index contributed by atoms with van der Waals surface area (Å²) in [4.78, 5) is 8.56. The third kappa shape index (κ3) is 2.23. The first-order valence-electron chi connectivity index (χ1n) is 5.74. The highest BCUT2D eigenvalue weighted by Crippen LogP contribution is 2.29. The number of ether oxygens (including phenoxy) is 1. The van der Waals surface area contributed by atoms with Gasteiger partial charge >= 0.3 is 0 Å². The highest BCUT2D eigenvalue weighted by Gasteiger charge is 2.34. The maximum atomic E-state index is 10.4. The standard InChI is InChI=1S/C12H18N2O2/c1-9(2)10-7-13-11(14-8-10)12(15)3-5-16-6-4-12/h7-9,15H,3-6H2,1-2H3. The van der Waals surface area contributed by atoms with Gasteiger partial charge in [0.25, 0.3) is 0 Å². The predicted octanol–water partition coefficient (Wildman–Crippen LogP) is 1.60. The number of rotatable bonds is 2. The summed E-state index contributed by atoms with van der Waals surface area (Å²) in [6.45, 7) is 5.35. The molecule has 0 unspecified atom stereocenters. The van der Waals surface area contributed by atoms with Crippen LogP contribution in [0.5, 0.6) is 0 Å². The molecule has 2 heterocycles. The Morgan fingerprint density at radius 3 is 2.31 bits per heavy atom. The van der Waals surface area contributed by atoms with Gasteiger partial charge in [0.05, 0.1) is 0 Å². The van der Waals surface area contributed by atoms with Crippen molar-refractivity contribution in [3.8, 4) is 0 Å². The van der Waals surface area contributed by atoms with E-state index in [1.165, 1.54) is 0 Å². The van der Waals surface area contributed by atoms with Crippen molar-refractivity contribution in [2.24, 2.45) is 0 Å². The molecule has 1 fully saturated rings. The molecule has 0 amide bonds. The van der Waals surface area contributed by atoms with Crippen molar-refractivity contribution in [2.45, 2.75) is 38.2 Å². The lowest BCUT2D eigenvalue weighted by atomic mass is 9.93. The predicted molar refractivity (Wildman–Crippen MR) is 60.1 cm³/mol. The molecule has 1 saturated heterocycles. The summed E-state index contributed by atoms with van der Waals surface area (Å²) in [5.74, 6) is 0.943. The molecule has 1 aliphatic heterocycles. The number of aromatic nitrogens is 2. The SMILES string of the molecule is CC(C)c1cnc(C2(O)CCOCC2)nc1. The van der Waals surface area contributed by atoms with Crippen molar-refractivity contribution in [3.63, 3.8) is 0 Å². The van der Waals surface area contributed by atoms with Gasteiger partial charge < -0.3 is 9.84 Å². The second-order valence-electron chi connectivity index (χ2n) is 4.64. The average Bonchev–Trinajstić information content (AvgIpc) is 2.30. The zero-order chi connectivity index (χ0) is 11.6. The third-order valence-corrected chi connectivity index (χ3v) is 3.07. The fraction of sp³-hybridized carbons (Fsp3) is 0.667. The lowest BCUT2D eigenvalue weighted by Crippen LogP contribution is -2.35. The van der Waals surface area contributed by atoms with Crippen LogP contribution in [0.3, 0.4) is 0 Å². The molecule has 1 aliphatic rings. The maximum Gasteiger partial charge on any atom is 0.160 e. The Morgan fingerprint density at radius 1 is 1.25 bits per heavy atom. The molecule has 0 radical (unpaired) electrons. The van der Waals surface area contributed by atoms with E-state index in [1.807, 2.05) is 0 Å². The smallest absolute Gasteiger partial charge is 0.160 e. The lowest BCUT2D eigenvalue weighted by molar-refractivity contribution is -0.0734. The second kappa shape index (κ2) is 4.47. The van der Waals surface area contributed by atoms with Crippen LogP contribution in [0.15, 0.2) is 12.4 Å².